The number of β-amino-alcohol motifs (C(OH)–C–C–N with tert-alkyl or cyclic N) is 1. The van der Waals surface area contributed by atoms with Crippen LogP contribution < -0.4 is 0 Å². The molecule has 0 bridgehead atoms. The maximum atomic E-state index is 12.5. The van der Waals surface area contributed by atoms with Crippen LogP contribution in [0.5, 0.6) is 0 Å². The van der Waals surface area contributed by atoms with Crippen LogP contribution >= 0.6 is 0 Å². The van der Waals surface area contributed by atoms with E-state index >= 15 is 0 Å². The number of hydrogen-bond donors (Lipinski definition) is 1. The van der Waals surface area contributed by atoms with Crippen molar-refractivity contribution >= 4 is 5.91 Å². The molecule has 0 aliphatic carbocycles. The molecule has 1 aliphatic rings. The van der Waals surface area contributed by atoms with E-state index in [9.17, 15) is 9.90 Å². The van der Waals surface area contributed by atoms with Crippen molar-refractivity contribution in [2.24, 2.45) is 0 Å². The van der Waals surface area contributed by atoms with Gasteiger partial charge >= 0.3 is 0 Å². The molecule has 1 unspecified atom stereocenters. The van der Waals surface area contributed by atoms with Crippen LogP contribution in [0.3, 0.4) is 0 Å². The Balaban J connectivity index is 1.70. The molecule has 0 aromatic carbocycles. The van der Waals surface area contributed by atoms with E-state index in [0.717, 1.165) is 17.7 Å². The molecule has 1 saturated heterocycles. The quantitative estimate of drug-likeness (QED) is 0.911. The van der Waals surface area contributed by atoms with Crippen molar-refractivity contribution in [2.45, 2.75) is 38.8 Å². The van der Waals surface area contributed by atoms with E-state index in [1.807, 2.05) is 13.8 Å². The second kappa shape index (κ2) is 5.57. The molecule has 0 spiro atoms. The number of aliphatic hydroxyl groups is 1. The summed E-state index contributed by atoms with van der Waals surface area (Å²) in [6.45, 7) is 5.03. The molecular weight excluding hydrogens is 284 g/mol. The molecule has 2 aromatic rings. The zero-order chi connectivity index (χ0) is 15.7. The Morgan fingerprint density at radius 2 is 2.36 bits per heavy atom. The molecule has 7 heteroatoms. The second-order valence-corrected chi connectivity index (χ2v) is 5.87. The highest BCUT2D eigenvalue weighted by Gasteiger charge is 2.39. The van der Waals surface area contributed by atoms with Crippen LogP contribution in [0.1, 0.15) is 35.2 Å². The minimum absolute atomic E-state index is 0.169. The molecule has 7 nitrogen and oxygen atoms in total. The number of carbonyl (C=O) groups excluding carboxylic acids is 1. The lowest BCUT2D eigenvalue weighted by Gasteiger charge is -2.22. The lowest BCUT2D eigenvalue weighted by atomic mass is 10.0. The van der Waals surface area contributed by atoms with E-state index in [4.69, 9.17) is 4.42 Å². The Morgan fingerprint density at radius 1 is 1.55 bits per heavy atom. The molecule has 22 heavy (non-hydrogen) atoms. The molecule has 0 saturated carbocycles. The Morgan fingerprint density at radius 3 is 3.00 bits per heavy atom. The predicted octanol–water partition coefficient (Wildman–Crippen LogP) is 1.02. The van der Waals surface area contributed by atoms with Crippen LogP contribution in [-0.2, 0) is 13.0 Å². The van der Waals surface area contributed by atoms with E-state index in [2.05, 4.69) is 10.3 Å². The smallest absolute Gasteiger partial charge is 0.289 e. The third-order valence-corrected chi connectivity index (χ3v) is 4.10. The van der Waals surface area contributed by atoms with E-state index in [1.165, 1.54) is 0 Å². The molecule has 1 aliphatic heterocycles. The SMILES string of the molecule is CCc1oc(C(=O)N2CCC(O)(Cn3ccnn3)C2)cc1C. The zero-order valence-electron chi connectivity index (χ0n) is 12.8. The first-order chi connectivity index (χ1) is 10.5. The van der Waals surface area contributed by atoms with Crippen LogP contribution in [0.2, 0.25) is 0 Å². The predicted molar refractivity (Wildman–Crippen MR) is 78.3 cm³/mol. The number of carbonyl (C=O) groups is 1. The van der Waals surface area contributed by atoms with Crippen LogP contribution in [0, 0.1) is 6.92 Å². The fourth-order valence-electron chi connectivity index (χ4n) is 2.91. The minimum atomic E-state index is -0.974. The Hall–Kier alpha value is -2.15. The highest BCUT2D eigenvalue weighted by molar-refractivity contribution is 5.92. The van der Waals surface area contributed by atoms with Crippen molar-refractivity contribution in [3.05, 3.63) is 35.5 Å². The van der Waals surface area contributed by atoms with Gasteiger partial charge in [0.25, 0.3) is 5.91 Å². The molecule has 1 atom stereocenters. The number of hydrogen-bond acceptors (Lipinski definition) is 5. The highest BCUT2D eigenvalue weighted by atomic mass is 16.4. The van der Waals surface area contributed by atoms with Gasteiger partial charge in [0.1, 0.15) is 11.4 Å². The molecule has 3 heterocycles. The van der Waals surface area contributed by atoms with Crippen molar-refractivity contribution in [1.29, 1.82) is 0 Å². The zero-order valence-corrected chi connectivity index (χ0v) is 12.8. The summed E-state index contributed by atoms with van der Waals surface area (Å²) in [5.41, 5.74) is 0.0152. The Bertz CT molecular complexity index is 664. The third-order valence-electron chi connectivity index (χ3n) is 4.10. The Kier molecular flexibility index (Phi) is 3.74. The molecule has 2 aromatic heterocycles. The molecular formula is C15H20N4O3. The van der Waals surface area contributed by atoms with Gasteiger partial charge in [0.15, 0.2) is 5.76 Å². The first-order valence-corrected chi connectivity index (χ1v) is 7.46. The normalized spacial score (nSPS) is 21.5. The lowest BCUT2D eigenvalue weighted by Crippen LogP contribution is -2.39. The van der Waals surface area contributed by atoms with Gasteiger partial charge in [-0.05, 0) is 25.0 Å². The summed E-state index contributed by atoms with van der Waals surface area (Å²) in [4.78, 5) is 14.1. The van der Waals surface area contributed by atoms with Gasteiger partial charge in [-0.2, -0.15) is 0 Å². The highest BCUT2D eigenvalue weighted by Crippen LogP contribution is 2.25. The van der Waals surface area contributed by atoms with Gasteiger partial charge in [0.05, 0.1) is 19.3 Å². The number of amides is 1. The molecule has 1 fully saturated rings. The standard InChI is InChI=1S/C15H20N4O3/c1-3-12-11(2)8-13(22-12)14(20)18-6-4-15(21,9-18)10-19-7-5-16-17-19/h5,7-8,21H,3-4,6,9-10H2,1-2H3. The molecule has 1 amide bonds. The van der Waals surface area contributed by atoms with Gasteiger partial charge < -0.3 is 14.4 Å². The summed E-state index contributed by atoms with van der Waals surface area (Å²) in [6, 6.07) is 1.77. The van der Waals surface area contributed by atoms with Crippen LogP contribution in [0.4, 0.5) is 0 Å². The average molecular weight is 304 g/mol. The second-order valence-electron chi connectivity index (χ2n) is 5.87. The first kappa shape index (κ1) is 14.8. The Labute approximate surface area is 128 Å². The van der Waals surface area contributed by atoms with Crippen LogP contribution in [0.15, 0.2) is 22.9 Å². The topological polar surface area (TPSA) is 84.4 Å². The summed E-state index contributed by atoms with van der Waals surface area (Å²) in [6.07, 6.45) is 4.54. The van der Waals surface area contributed by atoms with E-state index in [-0.39, 0.29) is 12.5 Å². The maximum Gasteiger partial charge on any atom is 0.289 e. The minimum Gasteiger partial charge on any atom is -0.456 e. The van der Waals surface area contributed by atoms with Crippen LogP contribution in [0.25, 0.3) is 0 Å². The number of aryl methyl sites for hydroxylation is 2. The number of likely N-dealkylation sites (tertiary alicyclic amines) is 1. The third kappa shape index (κ3) is 2.76. The average Bonchev–Trinajstić information content (AvgIpc) is 3.19. The molecule has 118 valence electrons. The summed E-state index contributed by atoms with van der Waals surface area (Å²) >= 11 is 0. The fraction of sp³-hybridized carbons (Fsp3) is 0.533. The maximum absolute atomic E-state index is 12.5. The fourth-order valence-corrected chi connectivity index (χ4v) is 2.91. The van der Waals surface area contributed by atoms with E-state index < -0.39 is 5.60 Å². The number of aromatic nitrogens is 3. The molecule has 3 rings (SSSR count). The molecule has 0 radical (unpaired) electrons. The number of nitrogens with zero attached hydrogens (tertiary/aromatic N) is 4. The van der Waals surface area contributed by atoms with E-state index in [0.29, 0.717) is 25.3 Å². The van der Waals surface area contributed by atoms with Gasteiger partial charge in [0.2, 0.25) is 0 Å². The molecule has 1 N–H and O–H groups in total. The number of rotatable bonds is 4. The first-order valence-electron chi connectivity index (χ1n) is 7.46. The summed E-state index contributed by atoms with van der Waals surface area (Å²) in [7, 11) is 0. The van der Waals surface area contributed by atoms with Crippen molar-refractivity contribution in [3.63, 3.8) is 0 Å². The van der Waals surface area contributed by atoms with Gasteiger partial charge in [0, 0.05) is 19.2 Å². The van der Waals surface area contributed by atoms with Crippen molar-refractivity contribution in [2.75, 3.05) is 13.1 Å². The summed E-state index contributed by atoms with van der Waals surface area (Å²) in [5, 5.41) is 18.2. The lowest BCUT2D eigenvalue weighted by molar-refractivity contribution is 0.0261. The summed E-state index contributed by atoms with van der Waals surface area (Å²) < 4.78 is 7.19. The van der Waals surface area contributed by atoms with Crippen LogP contribution in [-0.4, -0.2) is 49.6 Å². The van der Waals surface area contributed by atoms with Crippen molar-refractivity contribution < 1.29 is 14.3 Å². The number of furan rings is 1. The van der Waals surface area contributed by atoms with Gasteiger partial charge in [-0.15, -0.1) is 5.10 Å². The van der Waals surface area contributed by atoms with E-state index in [1.54, 1.807) is 28.0 Å². The van der Waals surface area contributed by atoms with Gasteiger partial charge in [-0.1, -0.05) is 12.1 Å². The van der Waals surface area contributed by atoms with Crippen molar-refractivity contribution in [3.8, 4) is 0 Å². The van der Waals surface area contributed by atoms with Gasteiger partial charge in [-0.25, -0.2) is 4.68 Å². The van der Waals surface area contributed by atoms with Gasteiger partial charge in [-0.3, -0.25) is 4.79 Å². The largest absolute Gasteiger partial charge is 0.456 e. The van der Waals surface area contributed by atoms with Crippen molar-refractivity contribution in [1.82, 2.24) is 19.9 Å². The monoisotopic (exact) mass is 304 g/mol. The summed E-state index contributed by atoms with van der Waals surface area (Å²) in [5.74, 6) is 1.01.